The van der Waals surface area contributed by atoms with Gasteiger partial charge in [0.15, 0.2) is 0 Å². The predicted molar refractivity (Wildman–Crippen MR) is 119 cm³/mol. The lowest BCUT2D eigenvalue weighted by Crippen LogP contribution is -2.42. The Morgan fingerprint density at radius 2 is 1.48 bits per heavy atom. The molecule has 1 N–H and O–H groups in total. The van der Waals surface area contributed by atoms with E-state index in [0.29, 0.717) is 5.75 Å². The molecule has 1 heterocycles. The van der Waals surface area contributed by atoms with E-state index >= 15 is 0 Å². The Morgan fingerprint density at radius 1 is 0.920 bits per heavy atom. The zero-order chi connectivity index (χ0) is 18.3. The van der Waals surface area contributed by atoms with Gasteiger partial charge in [-0.2, -0.15) is 0 Å². The molecule has 0 spiro atoms. The molecule has 0 saturated carbocycles. The van der Waals surface area contributed by atoms with Crippen LogP contribution in [0.25, 0.3) is 22.4 Å². The molecule has 120 valence electrons. The van der Waals surface area contributed by atoms with Crippen molar-refractivity contribution in [2.24, 2.45) is 0 Å². The first-order chi connectivity index (χ1) is 11.8. The average molecular weight is 343 g/mol. The van der Waals surface area contributed by atoms with Crippen molar-refractivity contribution in [1.29, 1.82) is 0 Å². The number of aromatic hydroxyl groups is 1. The van der Waals surface area contributed by atoms with Gasteiger partial charge in [-0.05, 0) is 36.2 Å². The second-order valence-corrected chi connectivity index (χ2v) is 7.05. The molecular formula is C18H18B4ClNO. The lowest BCUT2D eigenvalue weighted by atomic mass is 9.65. The molecule has 0 aliphatic carbocycles. The molecule has 0 bridgehead atoms. The van der Waals surface area contributed by atoms with Crippen molar-refractivity contribution in [2.75, 3.05) is 0 Å². The summed E-state index contributed by atoms with van der Waals surface area (Å²) in [4.78, 5) is 4.67. The van der Waals surface area contributed by atoms with Crippen LogP contribution in [0.4, 0.5) is 0 Å². The summed E-state index contributed by atoms with van der Waals surface area (Å²) in [5.74, 6) is 0.391. The van der Waals surface area contributed by atoms with Gasteiger partial charge < -0.3 is 5.11 Å². The summed E-state index contributed by atoms with van der Waals surface area (Å²) in [7, 11) is 8.05. The summed E-state index contributed by atoms with van der Waals surface area (Å²) in [6.45, 7) is 2.10. The normalized spacial score (nSPS) is 10.8. The van der Waals surface area contributed by atoms with Crippen LogP contribution in [0.2, 0.25) is 5.02 Å². The van der Waals surface area contributed by atoms with Gasteiger partial charge in [0.05, 0.1) is 5.69 Å². The van der Waals surface area contributed by atoms with E-state index in [0.717, 1.165) is 49.3 Å². The predicted octanol–water partition coefficient (Wildman–Crippen LogP) is -1.88. The van der Waals surface area contributed by atoms with Crippen molar-refractivity contribution < 1.29 is 5.11 Å². The Labute approximate surface area is 157 Å². The Kier molecular flexibility index (Phi) is 4.75. The van der Waals surface area contributed by atoms with Crippen LogP contribution in [0.15, 0.2) is 36.5 Å². The van der Waals surface area contributed by atoms with E-state index in [4.69, 9.17) is 11.6 Å². The molecular weight excluding hydrogens is 325 g/mol. The smallest absolute Gasteiger partial charge is 0.143 e. The second-order valence-electron chi connectivity index (χ2n) is 6.61. The first-order valence-corrected chi connectivity index (χ1v) is 8.71. The van der Waals surface area contributed by atoms with Gasteiger partial charge in [0.1, 0.15) is 37.1 Å². The van der Waals surface area contributed by atoms with Crippen LogP contribution in [0, 0.1) is 6.92 Å². The summed E-state index contributed by atoms with van der Waals surface area (Å²) in [5.41, 5.74) is 9.48. The molecule has 0 amide bonds. The quantitative estimate of drug-likeness (QED) is 0.553. The van der Waals surface area contributed by atoms with Crippen molar-refractivity contribution in [3.05, 3.63) is 47.1 Å². The number of rotatable bonds is 2. The molecule has 0 atom stereocenters. The van der Waals surface area contributed by atoms with Crippen molar-refractivity contribution in [3.8, 4) is 28.1 Å². The Bertz CT molecular complexity index is 945. The molecule has 0 saturated heterocycles. The van der Waals surface area contributed by atoms with Crippen LogP contribution < -0.4 is 21.9 Å². The summed E-state index contributed by atoms with van der Waals surface area (Å²) in [5, 5.41) is 11.0. The van der Waals surface area contributed by atoms with E-state index in [2.05, 4.69) is 33.7 Å². The monoisotopic (exact) mass is 343 g/mol. The maximum Gasteiger partial charge on any atom is 0.143 e. The number of pyridine rings is 1. The van der Waals surface area contributed by atoms with Crippen molar-refractivity contribution in [2.45, 2.75) is 6.92 Å². The number of halogens is 1. The highest BCUT2D eigenvalue weighted by molar-refractivity contribution is 6.61. The largest absolute Gasteiger partial charge is 0.509 e. The van der Waals surface area contributed by atoms with Crippen LogP contribution in [-0.4, -0.2) is 41.5 Å². The first kappa shape index (κ1) is 17.8. The topological polar surface area (TPSA) is 33.1 Å². The Balaban J connectivity index is 2.16. The molecule has 1 aromatic heterocycles. The number of aromatic nitrogens is 1. The maximum absolute atomic E-state index is 10.3. The molecule has 2 aromatic carbocycles. The highest BCUT2D eigenvalue weighted by Crippen LogP contribution is 2.25. The average Bonchev–Trinajstić information content (AvgIpc) is 2.60. The fraction of sp³-hybridized carbons (Fsp3) is 0.0556. The SMILES string of the molecule is Bc1c(B)c(-c2cnc(-c3ccc(Cl)cc3)cc2C)c(B)c(B)c1O. The Hall–Kier alpha value is -2.06. The third-order valence-electron chi connectivity index (χ3n) is 5.11. The van der Waals surface area contributed by atoms with E-state index in [1.807, 2.05) is 46.2 Å². The van der Waals surface area contributed by atoms with Gasteiger partial charge in [0, 0.05) is 22.3 Å². The van der Waals surface area contributed by atoms with Gasteiger partial charge in [-0.25, -0.2) is 0 Å². The standard InChI is InChI=1S/C18H18B4ClNO/c1-8-6-12(9-2-4-10(23)5-3-9)24-7-11(8)13-14(19)16(21)18(25)17(22)15(13)20/h2-7,25H,19-22H2,1H3. The fourth-order valence-corrected chi connectivity index (χ4v) is 3.42. The minimum Gasteiger partial charge on any atom is -0.509 e. The number of hydrogen-bond acceptors (Lipinski definition) is 2. The fourth-order valence-electron chi connectivity index (χ4n) is 3.29. The van der Waals surface area contributed by atoms with Crippen LogP contribution in [0.3, 0.4) is 0 Å². The number of benzene rings is 2. The second kappa shape index (κ2) is 6.68. The molecule has 3 aromatic rings. The van der Waals surface area contributed by atoms with E-state index in [9.17, 15) is 5.11 Å². The maximum atomic E-state index is 10.3. The van der Waals surface area contributed by atoms with Crippen molar-refractivity contribution in [3.63, 3.8) is 0 Å². The van der Waals surface area contributed by atoms with Gasteiger partial charge in [-0.3, -0.25) is 4.98 Å². The van der Waals surface area contributed by atoms with Gasteiger partial charge in [0.25, 0.3) is 0 Å². The Morgan fingerprint density at radius 3 is 2.00 bits per heavy atom. The summed E-state index contributed by atoms with van der Waals surface area (Å²) >= 11 is 5.97. The lowest BCUT2D eigenvalue weighted by Gasteiger charge is -2.20. The number of phenolic OH excluding ortho intramolecular Hbond substituents is 1. The van der Waals surface area contributed by atoms with Crippen molar-refractivity contribution >= 4 is 64.8 Å². The summed E-state index contributed by atoms with van der Waals surface area (Å²) in [6, 6.07) is 9.82. The highest BCUT2D eigenvalue weighted by Gasteiger charge is 2.16. The molecule has 3 rings (SSSR count). The summed E-state index contributed by atoms with van der Waals surface area (Å²) in [6.07, 6.45) is 1.94. The third-order valence-corrected chi connectivity index (χ3v) is 5.36. The van der Waals surface area contributed by atoms with Crippen LogP contribution in [-0.2, 0) is 0 Å². The molecule has 0 aliphatic rings. The first-order valence-electron chi connectivity index (χ1n) is 8.33. The van der Waals surface area contributed by atoms with Gasteiger partial charge in [0.2, 0.25) is 0 Å². The number of aryl methyl sites for hydroxylation is 1. The van der Waals surface area contributed by atoms with Crippen LogP contribution in [0.5, 0.6) is 5.75 Å². The zero-order valence-electron chi connectivity index (χ0n) is 15.2. The van der Waals surface area contributed by atoms with E-state index < -0.39 is 0 Å². The van der Waals surface area contributed by atoms with Crippen LogP contribution >= 0.6 is 11.6 Å². The molecule has 0 fully saturated rings. The lowest BCUT2D eigenvalue weighted by molar-refractivity contribution is 0.484. The van der Waals surface area contributed by atoms with E-state index in [1.54, 1.807) is 0 Å². The molecule has 0 aliphatic heterocycles. The van der Waals surface area contributed by atoms with E-state index in [-0.39, 0.29) is 0 Å². The minimum atomic E-state index is 0.391. The molecule has 0 unspecified atom stereocenters. The van der Waals surface area contributed by atoms with Gasteiger partial charge in [-0.1, -0.05) is 45.6 Å². The number of hydrogen-bond donors (Lipinski definition) is 1. The van der Waals surface area contributed by atoms with E-state index in [1.165, 1.54) is 5.56 Å². The van der Waals surface area contributed by atoms with Gasteiger partial charge in [-0.15, -0.1) is 0 Å². The van der Waals surface area contributed by atoms with Gasteiger partial charge >= 0.3 is 0 Å². The molecule has 7 heteroatoms. The zero-order valence-corrected chi connectivity index (χ0v) is 16.0. The van der Waals surface area contributed by atoms with Crippen molar-refractivity contribution in [1.82, 2.24) is 4.98 Å². The number of nitrogens with zero attached hydrogens (tertiary/aromatic N) is 1. The number of phenols is 1. The molecule has 25 heavy (non-hydrogen) atoms. The minimum absolute atomic E-state index is 0.391. The molecule has 2 nitrogen and oxygen atoms in total. The van der Waals surface area contributed by atoms with Crippen LogP contribution in [0.1, 0.15) is 5.56 Å². The highest BCUT2D eigenvalue weighted by atomic mass is 35.5. The molecule has 0 radical (unpaired) electrons. The third kappa shape index (κ3) is 3.11. The summed E-state index contributed by atoms with van der Waals surface area (Å²) < 4.78 is 0.